The van der Waals surface area contributed by atoms with E-state index in [1.165, 1.54) is 0 Å². The Morgan fingerprint density at radius 1 is 1.05 bits per heavy atom. The van der Waals surface area contributed by atoms with Gasteiger partial charge >= 0.3 is 0 Å². The molecule has 0 atom stereocenters. The van der Waals surface area contributed by atoms with E-state index in [-0.39, 0.29) is 11.8 Å². The van der Waals surface area contributed by atoms with Crippen molar-refractivity contribution in [1.29, 1.82) is 0 Å². The van der Waals surface area contributed by atoms with Gasteiger partial charge in [0.2, 0.25) is 0 Å². The van der Waals surface area contributed by atoms with Crippen molar-refractivity contribution in [2.75, 3.05) is 63.2 Å². The molecule has 12 heteroatoms. The zero-order valence-electron chi connectivity index (χ0n) is 25.3. The van der Waals surface area contributed by atoms with E-state index in [0.717, 1.165) is 52.6 Å². The van der Waals surface area contributed by atoms with Gasteiger partial charge in [0.25, 0.3) is 11.8 Å². The van der Waals surface area contributed by atoms with E-state index >= 15 is 0 Å². The largest absolute Gasteiger partial charge is 0.352 e. The van der Waals surface area contributed by atoms with Crippen molar-refractivity contribution < 1.29 is 9.59 Å². The fraction of sp³-hybridized carbons (Fsp3) is 0.419. The lowest BCUT2D eigenvalue weighted by Gasteiger charge is -2.35. The Balaban J connectivity index is 1.23. The second-order valence-electron chi connectivity index (χ2n) is 10.8. The number of rotatable bonds is 11. The highest BCUT2D eigenvalue weighted by atomic mass is 32.1. The average Bonchev–Trinajstić information content (AvgIpc) is 3.64. The highest BCUT2D eigenvalue weighted by Gasteiger charge is 2.25. The van der Waals surface area contributed by atoms with E-state index in [9.17, 15) is 9.59 Å². The summed E-state index contributed by atoms with van der Waals surface area (Å²) in [6.45, 7) is 8.32. The molecular formula is C31H39N9O2S. The van der Waals surface area contributed by atoms with Crippen molar-refractivity contribution in [3.8, 4) is 0 Å². The molecule has 0 saturated carbocycles. The minimum absolute atomic E-state index is 0.0165. The number of aryl methyl sites for hydroxylation is 1. The third-order valence-corrected chi connectivity index (χ3v) is 8.38. The molecule has 4 heterocycles. The third kappa shape index (κ3) is 7.08. The SMILES string of the molecule is CC=CC(=O)N(CCN(C)C)c1ccc(C(=O)N2CCN(c3ncnc4c3cnn4Cc3csc(CCC)n3)CC2)cc1. The molecule has 5 rings (SSSR count). The molecule has 0 spiro atoms. The molecule has 0 bridgehead atoms. The standard InChI is InChI=1S/C31H39N9O2S/c1-5-7-27-35-24(21-43-27)20-40-30-26(19-34-40)29(32-22-33-30)37-14-16-38(17-15-37)31(42)23-9-11-25(12-10-23)39(18-13-36(3)4)28(41)8-6-2/h6,8-12,19,21-22H,5,7,13-18,20H2,1-4H3. The molecule has 2 amide bonds. The van der Waals surface area contributed by atoms with Gasteiger partial charge in [-0.1, -0.05) is 13.0 Å². The summed E-state index contributed by atoms with van der Waals surface area (Å²) in [4.78, 5) is 47.7. The molecule has 43 heavy (non-hydrogen) atoms. The first-order valence-corrected chi connectivity index (χ1v) is 15.6. The van der Waals surface area contributed by atoms with Crippen LogP contribution < -0.4 is 9.80 Å². The molecule has 11 nitrogen and oxygen atoms in total. The van der Waals surface area contributed by atoms with Gasteiger partial charge in [-0.15, -0.1) is 11.3 Å². The highest BCUT2D eigenvalue weighted by Crippen LogP contribution is 2.25. The number of hydrogen-bond acceptors (Lipinski definition) is 9. The lowest BCUT2D eigenvalue weighted by atomic mass is 10.1. The normalized spacial score (nSPS) is 13.9. The van der Waals surface area contributed by atoms with Crippen LogP contribution in [0.4, 0.5) is 11.5 Å². The summed E-state index contributed by atoms with van der Waals surface area (Å²) in [5.41, 5.74) is 3.15. The minimum Gasteiger partial charge on any atom is -0.352 e. The third-order valence-electron chi connectivity index (χ3n) is 7.43. The van der Waals surface area contributed by atoms with E-state index in [0.29, 0.717) is 44.8 Å². The molecule has 3 aromatic heterocycles. The van der Waals surface area contributed by atoms with E-state index in [1.54, 1.807) is 34.7 Å². The van der Waals surface area contributed by atoms with Crippen molar-refractivity contribution in [1.82, 2.24) is 34.5 Å². The quantitative estimate of drug-likeness (QED) is 0.240. The van der Waals surface area contributed by atoms with Gasteiger partial charge in [-0.05, 0) is 64.2 Å². The number of carbonyl (C=O) groups is 2. The first kappa shape index (κ1) is 30.3. The van der Waals surface area contributed by atoms with E-state index in [1.807, 2.05) is 66.0 Å². The average molecular weight is 602 g/mol. The molecular weight excluding hydrogens is 562 g/mol. The van der Waals surface area contributed by atoms with Gasteiger partial charge in [0.1, 0.15) is 12.1 Å². The fourth-order valence-electron chi connectivity index (χ4n) is 5.14. The Morgan fingerprint density at radius 3 is 2.51 bits per heavy atom. The number of piperazine rings is 1. The van der Waals surface area contributed by atoms with E-state index < -0.39 is 0 Å². The van der Waals surface area contributed by atoms with Crippen molar-refractivity contribution in [2.45, 2.75) is 33.2 Å². The number of anilines is 2. The van der Waals surface area contributed by atoms with Crippen molar-refractivity contribution in [3.05, 3.63) is 70.6 Å². The Kier molecular flexibility index (Phi) is 9.78. The topological polar surface area (TPSA) is 104 Å². The molecule has 1 aliphatic heterocycles. The highest BCUT2D eigenvalue weighted by molar-refractivity contribution is 7.09. The Hall–Kier alpha value is -4.16. The Morgan fingerprint density at radius 2 is 1.81 bits per heavy atom. The minimum atomic E-state index is -0.0758. The maximum Gasteiger partial charge on any atom is 0.253 e. The lowest BCUT2D eigenvalue weighted by Crippen LogP contribution is -2.49. The monoisotopic (exact) mass is 601 g/mol. The molecule has 226 valence electrons. The van der Waals surface area contributed by atoms with Crippen LogP contribution in [0.2, 0.25) is 0 Å². The van der Waals surface area contributed by atoms with Crippen LogP contribution in [0.25, 0.3) is 11.0 Å². The zero-order chi connectivity index (χ0) is 30.3. The maximum absolute atomic E-state index is 13.4. The van der Waals surface area contributed by atoms with Gasteiger partial charge in [0, 0.05) is 55.9 Å². The smallest absolute Gasteiger partial charge is 0.253 e. The Labute approximate surface area is 256 Å². The number of fused-ring (bicyclic) bond motifs is 1. The summed E-state index contributed by atoms with van der Waals surface area (Å²) in [5.74, 6) is 0.742. The number of amides is 2. The number of thiazole rings is 1. The molecule has 4 aromatic rings. The van der Waals surface area contributed by atoms with Gasteiger partial charge in [-0.2, -0.15) is 5.10 Å². The lowest BCUT2D eigenvalue weighted by molar-refractivity contribution is -0.114. The molecule has 0 unspecified atom stereocenters. The molecule has 1 fully saturated rings. The van der Waals surface area contributed by atoms with Crippen LogP contribution in [-0.4, -0.2) is 99.7 Å². The molecule has 1 aliphatic rings. The predicted octanol–water partition coefficient (Wildman–Crippen LogP) is 3.72. The number of hydrogen-bond donors (Lipinski definition) is 0. The van der Waals surface area contributed by atoms with Gasteiger partial charge in [0.05, 0.1) is 28.8 Å². The van der Waals surface area contributed by atoms with Crippen LogP contribution in [0.3, 0.4) is 0 Å². The van der Waals surface area contributed by atoms with Crippen molar-refractivity contribution >= 4 is 45.7 Å². The number of carbonyl (C=O) groups excluding carboxylic acids is 2. The van der Waals surface area contributed by atoms with Crippen LogP contribution in [0.1, 0.15) is 41.3 Å². The number of nitrogens with zero attached hydrogens (tertiary/aromatic N) is 9. The molecule has 0 radical (unpaired) electrons. The maximum atomic E-state index is 13.4. The second-order valence-corrected chi connectivity index (χ2v) is 11.8. The summed E-state index contributed by atoms with van der Waals surface area (Å²) in [5, 5.41) is 8.74. The van der Waals surface area contributed by atoms with E-state index in [4.69, 9.17) is 4.98 Å². The van der Waals surface area contributed by atoms with Gasteiger partial charge in [-0.25, -0.2) is 19.6 Å². The summed E-state index contributed by atoms with van der Waals surface area (Å²) in [6, 6.07) is 7.33. The van der Waals surface area contributed by atoms with Crippen molar-refractivity contribution in [2.24, 2.45) is 0 Å². The Bertz CT molecular complexity index is 1570. The number of allylic oxidation sites excluding steroid dienone is 1. The van der Waals surface area contributed by atoms with Crippen LogP contribution >= 0.6 is 11.3 Å². The van der Waals surface area contributed by atoms with E-state index in [2.05, 4.69) is 32.3 Å². The summed E-state index contributed by atoms with van der Waals surface area (Å²) in [7, 11) is 3.96. The van der Waals surface area contributed by atoms with Gasteiger partial charge in [-0.3, -0.25) is 9.59 Å². The number of likely N-dealkylation sites (N-methyl/N-ethyl adjacent to an activating group) is 1. The second kappa shape index (κ2) is 13.9. The summed E-state index contributed by atoms with van der Waals surface area (Å²) < 4.78 is 1.88. The number of benzene rings is 1. The predicted molar refractivity (Wildman–Crippen MR) is 171 cm³/mol. The van der Waals surface area contributed by atoms with Crippen LogP contribution in [-0.2, 0) is 17.8 Å². The van der Waals surface area contributed by atoms with Gasteiger partial charge < -0.3 is 19.6 Å². The van der Waals surface area contributed by atoms with Crippen LogP contribution in [0, 0.1) is 0 Å². The van der Waals surface area contributed by atoms with Crippen molar-refractivity contribution in [3.63, 3.8) is 0 Å². The molecule has 0 N–H and O–H groups in total. The summed E-state index contributed by atoms with van der Waals surface area (Å²) >= 11 is 1.69. The summed E-state index contributed by atoms with van der Waals surface area (Å²) in [6.07, 6.45) is 8.78. The first-order valence-electron chi connectivity index (χ1n) is 14.7. The first-order chi connectivity index (χ1) is 20.9. The van der Waals surface area contributed by atoms with Crippen LogP contribution in [0.5, 0.6) is 0 Å². The number of aromatic nitrogens is 5. The molecule has 1 saturated heterocycles. The fourth-order valence-corrected chi connectivity index (χ4v) is 6.03. The zero-order valence-corrected chi connectivity index (χ0v) is 26.1. The molecule has 0 aliphatic carbocycles. The molecule has 1 aromatic carbocycles. The van der Waals surface area contributed by atoms with Crippen LogP contribution in [0.15, 0.2) is 54.3 Å². The van der Waals surface area contributed by atoms with Gasteiger partial charge in [0.15, 0.2) is 5.65 Å².